The van der Waals surface area contributed by atoms with E-state index in [1.165, 1.54) is 11.1 Å². The fraction of sp³-hybridized carbons (Fsp3) is 0.600. The van der Waals surface area contributed by atoms with Crippen LogP contribution in [-0.2, 0) is 6.42 Å². The van der Waals surface area contributed by atoms with Crippen LogP contribution in [-0.4, -0.2) is 10.7 Å². The largest absolute Gasteiger partial charge is 0.389 e. The molecule has 0 amide bonds. The van der Waals surface area contributed by atoms with E-state index >= 15 is 0 Å². The number of hydrogen-bond donors (Lipinski definition) is 1. The van der Waals surface area contributed by atoms with Crippen LogP contribution in [0.4, 0.5) is 0 Å². The van der Waals surface area contributed by atoms with Crippen LogP contribution in [0.1, 0.15) is 44.2 Å². The zero-order valence-corrected chi connectivity index (χ0v) is 10.6. The lowest BCUT2D eigenvalue weighted by Crippen LogP contribution is -2.42. The normalized spacial score (nSPS) is 28.2. The number of aryl methyl sites for hydroxylation is 1. The SMILES string of the molecule is Cc1ccccc1CC1(O)CCCC1(C)C. The fourth-order valence-electron chi connectivity index (χ4n) is 2.85. The molecule has 1 fully saturated rings. The van der Waals surface area contributed by atoms with E-state index < -0.39 is 5.60 Å². The summed E-state index contributed by atoms with van der Waals surface area (Å²) in [6.07, 6.45) is 4.02. The van der Waals surface area contributed by atoms with Crippen LogP contribution in [0.15, 0.2) is 24.3 Å². The maximum atomic E-state index is 10.8. The van der Waals surface area contributed by atoms with E-state index in [-0.39, 0.29) is 5.41 Å². The Hall–Kier alpha value is -0.820. The van der Waals surface area contributed by atoms with Gasteiger partial charge in [-0.25, -0.2) is 0 Å². The van der Waals surface area contributed by atoms with Gasteiger partial charge in [-0.05, 0) is 42.7 Å². The first kappa shape index (κ1) is 11.7. The summed E-state index contributed by atoms with van der Waals surface area (Å²) in [7, 11) is 0. The molecule has 1 nitrogen and oxygen atoms in total. The van der Waals surface area contributed by atoms with Crippen molar-refractivity contribution < 1.29 is 5.11 Å². The summed E-state index contributed by atoms with van der Waals surface area (Å²) in [6.45, 7) is 6.51. The lowest BCUT2D eigenvalue weighted by atomic mass is 9.74. The molecule has 1 unspecified atom stereocenters. The summed E-state index contributed by atoms with van der Waals surface area (Å²) in [4.78, 5) is 0. The van der Waals surface area contributed by atoms with Crippen molar-refractivity contribution in [2.45, 2.75) is 52.1 Å². The first-order chi connectivity index (χ1) is 7.45. The molecule has 0 aliphatic heterocycles. The molecule has 0 radical (unpaired) electrons. The van der Waals surface area contributed by atoms with Crippen molar-refractivity contribution in [2.75, 3.05) is 0 Å². The minimum absolute atomic E-state index is 0.0509. The van der Waals surface area contributed by atoms with Gasteiger partial charge < -0.3 is 5.11 Å². The predicted molar refractivity (Wildman–Crippen MR) is 67.5 cm³/mol. The van der Waals surface area contributed by atoms with Gasteiger partial charge in [0.15, 0.2) is 0 Å². The van der Waals surface area contributed by atoms with Gasteiger partial charge in [0.2, 0.25) is 0 Å². The molecule has 0 heterocycles. The van der Waals surface area contributed by atoms with E-state index in [0.29, 0.717) is 0 Å². The Balaban J connectivity index is 2.25. The lowest BCUT2D eigenvalue weighted by Gasteiger charge is -2.37. The molecule has 1 saturated carbocycles. The van der Waals surface area contributed by atoms with E-state index in [9.17, 15) is 5.11 Å². The quantitative estimate of drug-likeness (QED) is 0.805. The van der Waals surface area contributed by atoms with Crippen LogP contribution in [0.3, 0.4) is 0 Å². The van der Waals surface area contributed by atoms with Crippen LogP contribution in [0.25, 0.3) is 0 Å². The maximum Gasteiger partial charge on any atom is 0.0738 e. The molecule has 16 heavy (non-hydrogen) atoms. The van der Waals surface area contributed by atoms with Crippen LogP contribution in [0.5, 0.6) is 0 Å². The first-order valence-electron chi connectivity index (χ1n) is 6.22. The fourth-order valence-corrected chi connectivity index (χ4v) is 2.85. The van der Waals surface area contributed by atoms with E-state index in [0.717, 1.165) is 25.7 Å². The summed E-state index contributed by atoms with van der Waals surface area (Å²) in [5.74, 6) is 0. The molecular weight excluding hydrogens is 196 g/mol. The molecule has 2 rings (SSSR count). The van der Waals surface area contributed by atoms with E-state index in [2.05, 4.69) is 45.0 Å². The minimum Gasteiger partial charge on any atom is -0.389 e. The van der Waals surface area contributed by atoms with Crippen LogP contribution < -0.4 is 0 Å². The van der Waals surface area contributed by atoms with Gasteiger partial charge >= 0.3 is 0 Å². The highest BCUT2D eigenvalue weighted by Crippen LogP contribution is 2.47. The minimum atomic E-state index is -0.515. The Kier molecular flexibility index (Phi) is 2.83. The first-order valence-corrected chi connectivity index (χ1v) is 6.22. The highest BCUT2D eigenvalue weighted by Gasteiger charge is 2.47. The molecular formula is C15H22O. The Bertz CT molecular complexity index is 381. The number of hydrogen-bond acceptors (Lipinski definition) is 1. The summed E-state index contributed by atoms with van der Waals surface area (Å²) in [5, 5.41) is 10.8. The van der Waals surface area contributed by atoms with Crippen molar-refractivity contribution in [3.63, 3.8) is 0 Å². The molecule has 1 aliphatic rings. The molecule has 1 heteroatoms. The second-order valence-corrected chi connectivity index (χ2v) is 5.87. The summed E-state index contributed by atoms with van der Waals surface area (Å²) in [6, 6.07) is 8.39. The van der Waals surface area contributed by atoms with Crippen molar-refractivity contribution in [2.24, 2.45) is 5.41 Å². The van der Waals surface area contributed by atoms with E-state index in [4.69, 9.17) is 0 Å². The van der Waals surface area contributed by atoms with Gasteiger partial charge in [0.25, 0.3) is 0 Å². The van der Waals surface area contributed by atoms with Crippen LogP contribution >= 0.6 is 0 Å². The van der Waals surface area contributed by atoms with Gasteiger partial charge in [-0.3, -0.25) is 0 Å². The number of aliphatic hydroxyl groups is 1. The summed E-state index contributed by atoms with van der Waals surface area (Å²) < 4.78 is 0. The third-order valence-electron chi connectivity index (χ3n) is 4.40. The van der Waals surface area contributed by atoms with E-state index in [1.807, 2.05) is 0 Å². The molecule has 1 N–H and O–H groups in total. The highest BCUT2D eigenvalue weighted by atomic mass is 16.3. The molecule has 1 aromatic carbocycles. The maximum absolute atomic E-state index is 10.8. The molecule has 1 aliphatic carbocycles. The zero-order chi connectivity index (χ0) is 11.8. The van der Waals surface area contributed by atoms with Crippen LogP contribution in [0, 0.1) is 12.3 Å². The summed E-state index contributed by atoms with van der Waals surface area (Å²) >= 11 is 0. The zero-order valence-electron chi connectivity index (χ0n) is 10.6. The van der Waals surface area contributed by atoms with Crippen molar-refractivity contribution >= 4 is 0 Å². The molecule has 0 spiro atoms. The Morgan fingerprint density at radius 3 is 2.44 bits per heavy atom. The average molecular weight is 218 g/mol. The molecule has 88 valence electrons. The van der Waals surface area contributed by atoms with Gasteiger partial charge in [0.1, 0.15) is 0 Å². The Morgan fingerprint density at radius 1 is 1.19 bits per heavy atom. The standard InChI is InChI=1S/C15H22O/c1-12-7-4-5-8-13(12)11-15(16)10-6-9-14(15,2)3/h4-5,7-8,16H,6,9-11H2,1-3H3. The third-order valence-corrected chi connectivity index (χ3v) is 4.40. The second-order valence-electron chi connectivity index (χ2n) is 5.87. The molecule has 0 aromatic heterocycles. The van der Waals surface area contributed by atoms with E-state index in [1.54, 1.807) is 0 Å². The Labute approximate surface area is 98.5 Å². The third kappa shape index (κ3) is 1.89. The van der Waals surface area contributed by atoms with Gasteiger partial charge in [-0.15, -0.1) is 0 Å². The van der Waals surface area contributed by atoms with Crippen molar-refractivity contribution in [1.29, 1.82) is 0 Å². The highest BCUT2D eigenvalue weighted by molar-refractivity contribution is 5.28. The topological polar surface area (TPSA) is 20.2 Å². The monoisotopic (exact) mass is 218 g/mol. The number of benzene rings is 1. The average Bonchev–Trinajstić information content (AvgIpc) is 2.45. The molecule has 1 aromatic rings. The van der Waals surface area contributed by atoms with Gasteiger partial charge in [-0.2, -0.15) is 0 Å². The predicted octanol–water partition coefficient (Wildman–Crippen LogP) is 3.48. The molecule has 0 saturated heterocycles. The molecule has 1 atom stereocenters. The van der Waals surface area contributed by atoms with Gasteiger partial charge in [-0.1, -0.05) is 38.1 Å². The van der Waals surface area contributed by atoms with Gasteiger partial charge in [0, 0.05) is 6.42 Å². The smallest absolute Gasteiger partial charge is 0.0738 e. The van der Waals surface area contributed by atoms with Crippen molar-refractivity contribution in [3.8, 4) is 0 Å². The number of rotatable bonds is 2. The second kappa shape index (κ2) is 3.89. The Morgan fingerprint density at radius 2 is 1.88 bits per heavy atom. The van der Waals surface area contributed by atoms with Gasteiger partial charge in [0.05, 0.1) is 5.60 Å². The lowest BCUT2D eigenvalue weighted by molar-refractivity contribution is -0.0420. The van der Waals surface area contributed by atoms with Crippen molar-refractivity contribution in [1.82, 2.24) is 0 Å². The molecule has 0 bridgehead atoms. The van der Waals surface area contributed by atoms with Crippen LogP contribution in [0.2, 0.25) is 0 Å². The van der Waals surface area contributed by atoms with Crippen molar-refractivity contribution in [3.05, 3.63) is 35.4 Å². The summed E-state index contributed by atoms with van der Waals surface area (Å²) in [5.41, 5.74) is 2.12.